The molecule has 4 rings (SSSR count). The van der Waals surface area contributed by atoms with Crippen molar-refractivity contribution in [3.8, 4) is 22.7 Å². The Hall–Kier alpha value is -2.73. The highest BCUT2D eigenvalue weighted by atomic mass is 16.3. The summed E-state index contributed by atoms with van der Waals surface area (Å²) in [5.41, 5.74) is 3.20. The van der Waals surface area contributed by atoms with E-state index in [2.05, 4.69) is 20.6 Å². The fourth-order valence-corrected chi connectivity index (χ4v) is 3.12. The first-order valence-electron chi connectivity index (χ1n) is 8.19. The Labute approximate surface area is 140 Å². The maximum absolute atomic E-state index is 10.3. The Morgan fingerprint density at radius 2 is 1.96 bits per heavy atom. The minimum Gasteiger partial charge on any atom is -0.507 e. The highest BCUT2D eigenvalue weighted by Gasteiger charge is 2.17. The van der Waals surface area contributed by atoms with Crippen LogP contribution in [0.15, 0.2) is 48.8 Å². The lowest BCUT2D eigenvalue weighted by atomic mass is 9.94. The summed E-state index contributed by atoms with van der Waals surface area (Å²) in [7, 11) is 0. The highest BCUT2D eigenvalue weighted by Crippen LogP contribution is 2.30. The number of phenolic OH excluding ortho intramolecular Hbond substituents is 1. The third kappa shape index (κ3) is 2.88. The Morgan fingerprint density at radius 1 is 1.08 bits per heavy atom. The van der Waals surface area contributed by atoms with E-state index in [1.54, 1.807) is 16.9 Å². The number of piperidine rings is 1. The van der Waals surface area contributed by atoms with Gasteiger partial charge in [-0.3, -0.25) is 0 Å². The van der Waals surface area contributed by atoms with Crippen molar-refractivity contribution in [3.05, 3.63) is 54.5 Å². The Bertz CT molecular complexity index is 808. The normalized spacial score (nSPS) is 15.5. The molecule has 0 amide bonds. The van der Waals surface area contributed by atoms with Crippen LogP contribution >= 0.6 is 0 Å². The SMILES string of the molecule is Oc1cc(-n2cccn2)ccc1-c1ccc(C2CCNCC2)nn1. The second-order valence-corrected chi connectivity index (χ2v) is 6.02. The molecule has 1 saturated heterocycles. The lowest BCUT2D eigenvalue weighted by Crippen LogP contribution is -2.27. The fourth-order valence-electron chi connectivity index (χ4n) is 3.12. The third-order valence-corrected chi connectivity index (χ3v) is 4.47. The Balaban J connectivity index is 1.59. The first-order chi connectivity index (χ1) is 11.8. The summed E-state index contributed by atoms with van der Waals surface area (Å²) >= 11 is 0. The van der Waals surface area contributed by atoms with E-state index < -0.39 is 0 Å². The van der Waals surface area contributed by atoms with Crippen molar-refractivity contribution in [3.63, 3.8) is 0 Å². The molecule has 3 heterocycles. The number of nitrogens with zero attached hydrogens (tertiary/aromatic N) is 4. The number of aromatic hydroxyl groups is 1. The van der Waals surface area contributed by atoms with Crippen LogP contribution in [-0.4, -0.2) is 38.2 Å². The molecule has 6 nitrogen and oxygen atoms in total. The van der Waals surface area contributed by atoms with Crippen LogP contribution < -0.4 is 5.32 Å². The predicted octanol–water partition coefficient (Wildman–Crippen LogP) is 2.50. The maximum Gasteiger partial charge on any atom is 0.127 e. The van der Waals surface area contributed by atoms with Gasteiger partial charge in [0, 0.05) is 29.9 Å². The van der Waals surface area contributed by atoms with E-state index in [1.807, 2.05) is 36.5 Å². The average molecular weight is 321 g/mol. The van der Waals surface area contributed by atoms with Crippen molar-refractivity contribution in [1.29, 1.82) is 0 Å². The summed E-state index contributed by atoms with van der Waals surface area (Å²) in [5.74, 6) is 0.649. The van der Waals surface area contributed by atoms with Gasteiger partial charge in [-0.15, -0.1) is 0 Å². The molecule has 0 unspecified atom stereocenters. The van der Waals surface area contributed by atoms with Crippen LogP contribution in [-0.2, 0) is 0 Å². The van der Waals surface area contributed by atoms with E-state index >= 15 is 0 Å². The number of benzene rings is 1. The van der Waals surface area contributed by atoms with Gasteiger partial charge in [0.05, 0.1) is 17.1 Å². The van der Waals surface area contributed by atoms with Crippen LogP contribution in [0.2, 0.25) is 0 Å². The van der Waals surface area contributed by atoms with Crippen LogP contribution in [0.5, 0.6) is 5.75 Å². The first kappa shape index (κ1) is 14.8. The van der Waals surface area contributed by atoms with Gasteiger partial charge in [-0.2, -0.15) is 15.3 Å². The smallest absolute Gasteiger partial charge is 0.127 e. The van der Waals surface area contributed by atoms with Gasteiger partial charge in [-0.05, 0) is 56.3 Å². The van der Waals surface area contributed by atoms with Gasteiger partial charge in [0.2, 0.25) is 0 Å². The molecule has 24 heavy (non-hydrogen) atoms. The quantitative estimate of drug-likeness (QED) is 0.775. The highest BCUT2D eigenvalue weighted by molar-refractivity contribution is 5.68. The zero-order valence-electron chi connectivity index (χ0n) is 13.3. The van der Waals surface area contributed by atoms with Gasteiger partial charge < -0.3 is 10.4 Å². The van der Waals surface area contributed by atoms with Crippen LogP contribution in [0.1, 0.15) is 24.5 Å². The zero-order valence-corrected chi connectivity index (χ0v) is 13.3. The lowest BCUT2D eigenvalue weighted by Gasteiger charge is -2.21. The van der Waals surface area contributed by atoms with E-state index in [1.165, 1.54) is 0 Å². The van der Waals surface area contributed by atoms with E-state index in [0.29, 0.717) is 17.2 Å². The van der Waals surface area contributed by atoms with Crippen molar-refractivity contribution in [2.75, 3.05) is 13.1 Å². The second-order valence-electron chi connectivity index (χ2n) is 6.02. The summed E-state index contributed by atoms with van der Waals surface area (Å²) in [6.45, 7) is 2.06. The van der Waals surface area contributed by atoms with Crippen LogP contribution in [0.3, 0.4) is 0 Å². The van der Waals surface area contributed by atoms with E-state index in [9.17, 15) is 5.11 Å². The predicted molar refractivity (Wildman–Crippen MR) is 91.1 cm³/mol. The molecular weight excluding hydrogens is 302 g/mol. The number of aromatic nitrogens is 4. The molecule has 0 aliphatic carbocycles. The largest absolute Gasteiger partial charge is 0.507 e. The van der Waals surface area contributed by atoms with Crippen molar-refractivity contribution < 1.29 is 5.11 Å². The molecule has 0 saturated carbocycles. The molecule has 1 aliphatic heterocycles. The first-order valence-corrected chi connectivity index (χ1v) is 8.19. The van der Waals surface area contributed by atoms with Crippen molar-refractivity contribution in [2.45, 2.75) is 18.8 Å². The van der Waals surface area contributed by atoms with E-state index in [-0.39, 0.29) is 5.75 Å². The van der Waals surface area contributed by atoms with E-state index in [0.717, 1.165) is 37.3 Å². The number of nitrogens with one attached hydrogen (secondary N) is 1. The molecule has 1 aliphatic rings. The van der Waals surface area contributed by atoms with Crippen LogP contribution in [0, 0.1) is 0 Å². The third-order valence-electron chi connectivity index (χ3n) is 4.47. The van der Waals surface area contributed by atoms with Crippen molar-refractivity contribution in [2.24, 2.45) is 0 Å². The number of phenols is 1. The molecule has 3 aromatic rings. The van der Waals surface area contributed by atoms with Gasteiger partial charge >= 0.3 is 0 Å². The minimum absolute atomic E-state index is 0.173. The Morgan fingerprint density at radius 3 is 2.62 bits per heavy atom. The summed E-state index contributed by atoms with van der Waals surface area (Å²) in [4.78, 5) is 0. The van der Waals surface area contributed by atoms with Gasteiger partial charge in [0.25, 0.3) is 0 Å². The second kappa shape index (κ2) is 6.41. The average Bonchev–Trinajstić information content (AvgIpc) is 3.17. The molecule has 122 valence electrons. The maximum atomic E-state index is 10.3. The van der Waals surface area contributed by atoms with Crippen molar-refractivity contribution >= 4 is 0 Å². The van der Waals surface area contributed by atoms with E-state index in [4.69, 9.17) is 0 Å². The standard InChI is InChI=1S/C18H19N5O/c24-18-12-14(23-11-1-8-20-23)2-3-15(18)17-5-4-16(21-22-17)13-6-9-19-10-7-13/h1-5,8,11-13,19,24H,6-7,9-10H2. The van der Waals surface area contributed by atoms with Gasteiger partial charge in [-0.1, -0.05) is 0 Å². The summed E-state index contributed by atoms with van der Waals surface area (Å²) < 4.78 is 1.70. The monoisotopic (exact) mass is 321 g/mol. The number of hydrogen-bond donors (Lipinski definition) is 2. The zero-order chi connectivity index (χ0) is 16.4. The van der Waals surface area contributed by atoms with Crippen LogP contribution in [0.25, 0.3) is 16.9 Å². The van der Waals surface area contributed by atoms with Gasteiger partial charge in [0.15, 0.2) is 0 Å². The molecule has 1 aromatic carbocycles. The summed E-state index contributed by atoms with van der Waals surface area (Å²) in [6, 6.07) is 11.2. The number of rotatable bonds is 3. The number of hydrogen-bond acceptors (Lipinski definition) is 5. The van der Waals surface area contributed by atoms with Gasteiger partial charge in [-0.25, -0.2) is 4.68 Å². The molecule has 0 spiro atoms. The molecule has 0 bridgehead atoms. The summed E-state index contributed by atoms with van der Waals surface area (Å²) in [5, 5.41) is 26.6. The van der Waals surface area contributed by atoms with Crippen molar-refractivity contribution in [1.82, 2.24) is 25.3 Å². The summed E-state index contributed by atoms with van der Waals surface area (Å²) in [6.07, 6.45) is 5.73. The molecular formula is C18H19N5O. The van der Waals surface area contributed by atoms with Crippen LogP contribution in [0.4, 0.5) is 0 Å². The Kier molecular flexibility index (Phi) is 3.96. The molecule has 2 N–H and O–H groups in total. The molecule has 6 heteroatoms. The molecule has 0 atom stereocenters. The molecule has 1 fully saturated rings. The fraction of sp³-hybridized carbons (Fsp3) is 0.278. The topological polar surface area (TPSA) is 75.9 Å². The van der Waals surface area contributed by atoms with Gasteiger partial charge in [0.1, 0.15) is 5.75 Å². The minimum atomic E-state index is 0.173. The molecule has 0 radical (unpaired) electrons. The lowest BCUT2D eigenvalue weighted by molar-refractivity contribution is 0.450. The molecule has 2 aromatic heterocycles.